The first-order chi connectivity index (χ1) is 12.9. The standard InChI is InChI=1S/C15H17F6N3O3S/c16-14(17,18)13(15(19,20)21)3-4-23(10-13)12-2-1-11(9-22-12)28(25,26)24-5-7-27-8-6-24/h1-2,9H,3-8,10H2. The Balaban J connectivity index is 1.81. The minimum atomic E-state index is -5.46. The van der Waals surface area contributed by atoms with E-state index in [0.29, 0.717) is 0 Å². The second-order valence-corrected chi connectivity index (χ2v) is 8.56. The van der Waals surface area contributed by atoms with Gasteiger partial charge in [-0.2, -0.15) is 30.6 Å². The summed E-state index contributed by atoms with van der Waals surface area (Å²) in [6.07, 6.45) is -11.1. The van der Waals surface area contributed by atoms with E-state index in [9.17, 15) is 34.8 Å². The van der Waals surface area contributed by atoms with Crippen molar-refractivity contribution in [2.24, 2.45) is 5.41 Å². The van der Waals surface area contributed by atoms with Gasteiger partial charge in [-0.3, -0.25) is 0 Å². The van der Waals surface area contributed by atoms with Crippen molar-refractivity contribution in [2.75, 3.05) is 44.3 Å². The molecule has 0 aromatic carbocycles. The molecule has 2 aliphatic rings. The third-order valence-corrected chi connectivity index (χ3v) is 6.89. The molecule has 0 atom stereocenters. The SMILES string of the molecule is O=S(=O)(c1ccc(N2CCC(C(F)(F)F)(C(F)(F)F)C2)nc1)N1CCOCC1. The lowest BCUT2D eigenvalue weighted by atomic mass is 9.85. The van der Waals surface area contributed by atoms with Crippen LogP contribution < -0.4 is 4.90 Å². The van der Waals surface area contributed by atoms with Crippen LogP contribution >= 0.6 is 0 Å². The van der Waals surface area contributed by atoms with Crippen molar-refractivity contribution in [3.63, 3.8) is 0 Å². The first-order valence-electron chi connectivity index (χ1n) is 8.31. The number of alkyl halides is 6. The Morgan fingerprint density at radius 1 is 1.00 bits per heavy atom. The van der Waals surface area contributed by atoms with Crippen molar-refractivity contribution in [2.45, 2.75) is 23.7 Å². The number of aromatic nitrogens is 1. The lowest BCUT2D eigenvalue weighted by molar-refractivity contribution is -0.332. The molecule has 3 rings (SSSR count). The fraction of sp³-hybridized carbons (Fsp3) is 0.667. The molecule has 28 heavy (non-hydrogen) atoms. The highest BCUT2D eigenvalue weighted by atomic mass is 32.2. The van der Waals surface area contributed by atoms with Crippen molar-refractivity contribution < 1.29 is 39.5 Å². The molecule has 0 spiro atoms. The van der Waals surface area contributed by atoms with Crippen LogP contribution in [0.3, 0.4) is 0 Å². The molecule has 0 N–H and O–H groups in total. The van der Waals surface area contributed by atoms with Gasteiger partial charge in [-0.05, 0) is 18.6 Å². The quantitative estimate of drug-likeness (QED) is 0.686. The smallest absolute Gasteiger partial charge is 0.379 e. The average molecular weight is 433 g/mol. The van der Waals surface area contributed by atoms with Crippen molar-refractivity contribution in [3.8, 4) is 0 Å². The number of halogens is 6. The lowest BCUT2D eigenvalue weighted by Crippen LogP contribution is -2.51. The van der Waals surface area contributed by atoms with Gasteiger partial charge in [0.05, 0.1) is 13.2 Å². The molecule has 1 aromatic heterocycles. The minimum Gasteiger partial charge on any atom is -0.379 e. The zero-order valence-electron chi connectivity index (χ0n) is 14.4. The van der Waals surface area contributed by atoms with Gasteiger partial charge in [0.2, 0.25) is 10.0 Å². The molecule has 3 heterocycles. The van der Waals surface area contributed by atoms with Crippen LogP contribution in [0.5, 0.6) is 0 Å². The largest absolute Gasteiger partial charge is 0.404 e. The number of nitrogens with zero attached hydrogens (tertiary/aromatic N) is 3. The number of rotatable bonds is 3. The molecule has 0 unspecified atom stereocenters. The molecule has 2 saturated heterocycles. The summed E-state index contributed by atoms with van der Waals surface area (Å²) >= 11 is 0. The van der Waals surface area contributed by atoms with Gasteiger partial charge >= 0.3 is 12.4 Å². The Kier molecular flexibility index (Phi) is 5.30. The van der Waals surface area contributed by atoms with Crippen LogP contribution in [0.1, 0.15) is 6.42 Å². The predicted molar refractivity (Wildman–Crippen MR) is 85.2 cm³/mol. The van der Waals surface area contributed by atoms with E-state index in [1.807, 2.05) is 0 Å². The van der Waals surface area contributed by atoms with Crippen molar-refractivity contribution >= 4 is 15.8 Å². The van der Waals surface area contributed by atoms with E-state index in [-0.39, 0.29) is 37.0 Å². The summed E-state index contributed by atoms with van der Waals surface area (Å²) in [5.41, 5.74) is -3.83. The normalized spacial score (nSPS) is 21.9. The number of anilines is 1. The Hall–Kier alpha value is -1.60. The van der Waals surface area contributed by atoms with Gasteiger partial charge in [0.25, 0.3) is 0 Å². The molecule has 6 nitrogen and oxygen atoms in total. The number of ether oxygens (including phenoxy) is 1. The summed E-state index contributed by atoms with van der Waals surface area (Å²) in [4.78, 5) is 4.49. The third kappa shape index (κ3) is 3.54. The molecule has 1 aromatic rings. The number of sulfonamides is 1. The van der Waals surface area contributed by atoms with E-state index in [1.165, 1.54) is 4.31 Å². The molecule has 0 aliphatic carbocycles. The van der Waals surface area contributed by atoms with Crippen LogP contribution in [0.4, 0.5) is 32.2 Å². The summed E-state index contributed by atoms with van der Waals surface area (Å²) in [5.74, 6) is -0.142. The summed E-state index contributed by atoms with van der Waals surface area (Å²) in [6.45, 7) is -1.05. The predicted octanol–water partition coefficient (Wildman–Crippen LogP) is 2.42. The zero-order chi connectivity index (χ0) is 20.8. The van der Waals surface area contributed by atoms with Crippen molar-refractivity contribution in [3.05, 3.63) is 18.3 Å². The molecule has 2 fully saturated rings. The second kappa shape index (κ2) is 7.02. The summed E-state index contributed by atoms with van der Waals surface area (Å²) in [7, 11) is -3.86. The maximum Gasteiger partial charge on any atom is 0.404 e. The minimum absolute atomic E-state index is 0.142. The van der Waals surface area contributed by atoms with Gasteiger partial charge < -0.3 is 9.64 Å². The van der Waals surface area contributed by atoms with E-state index in [1.54, 1.807) is 0 Å². The average Bonchev–Trinajstić information content (AvgIpc) is 3.09. The van der Waals surface area contributed by atoms with E-state index in [2.05, 4.69) is 4.98 Å². The van der Waals surface area contributed by atoms with Crippen LogP contribution in [0, 0.1) is 5.41 Å². The molecule has 158 valence electrons. The lowest BCUT2D eigenvalue weighted by Gasteiger charge is -2.33. The van der Waals surface area contributed by atoms with Gasteiger partial charge in [-0.1, -0.05) is 0 Å². The first kappa shape index (κ1) is 21.1. The van der Waals surface area contributed by atoms with E-state index < -0.39 is 47.3 Å². The van der Waals surface area contributed by atoms with Gasteiger partial charge in [-0.25, -0.2) is 13.4 Å². The first-order valence-corrected chi connectivity index (χ1v) is 9.75. The van der Waals surface area contributed by atoms with Gasteiger partial charge in [-0.15, -0.1) is 0 Å². The molecule has 0 bridgehead atoms. The maximum atomic E-state index is 13.2. The third-order valence-electron chi connectivity index (χ3n) is 5.01. The molecule has 2 aliphatic heterocycles. The van der Waals surface area contributed by atoms with E-state index in [0.717, 1.165) is 23.2 Å². The number of hydrogen-bond acceptors (Lipinski definition) is 5. The topological polar surface area (TPSA) is 62.7 Å². The van der Waals surface area contributed by atoms with Gasteiger partial charge in [0.1, 0.15) is 10.7 Å². The maximum absolute atomic E-state index is 13.2. The molecule has 0 radical (unpaired) electrons. The fourth-order valence-corrected chi connectivity index (χ4v) is 4.63. The van der Waals surface area contributed by atoms with Crippen LogP contribution in [0.15, 0.2) is 23.2 Å². The number of pyridine rings is 1. The zero-order valence-corrected chi connectivity index (χ0v) is 15.2. The highest BCUT2D eigenvalue weighted by molar-refractivity contribution is 7.89. The van der Waals surface area contributed by atoms with E-state index >= 15 is 0 Å². The van der Waals surface area contributed by atoms with Crippen LogP contribution in [-0.2, 0) is 14.8 Å². The van der Waals surface area contributed by atoms with E-state index in [4.69, 9.17) is 4.74 Å². The van der Waals surface area contributed by atoms with Gasteiger partial charge in [0.15, 0.2) is 5.41 Å². The van der Waals surface area contributed by atoms with Crippen LogP contribution in [-0.4, -0.2) is 69.5 Å². The number of morpholine rings is 1. The summed E-state index contributed by atoms with van der Waals surface area (Å²) in [5, 5.41) is 0. The molecule has 0 amide bonds. The monoisotopic (exact) mass is 433 g/mol. The van der Waals surface area contributed by atoms with Gasteiger partial charge in [0, 0.05) is 32.4 Å². The Bertz CT molecular complexity index is 790. The van der Waals surface area contributed by atoms with Crippen molar-refractivity contribution in [1.29, 1.82) is 0 Å². The highest BCUT2D eigenvalue weighted by Crippen LogP contribution is 2.55. The molecule has 0 saturated carbocycles. The Morgan fingerprint density at radius 3 is 2.07 bits per heavy atom. The molecular weight excluding hydrogens is 416 g/mol. The fourth-order valence-electron chi connectivity index (χ4n) is 3.28. The molecular formula is C15H17F6N3O3S. The Morgan fingerprint density at radius 2 is 1.61 bits per heavy atom. The second-order valence-electron chi connectivity index (χ2n) is 6.62. The number of hydrogen-bond donors (Lipinski definition) is 0. The Labute approximate surface area is 157 Å². The highest BCUT2D eigenvalue weighted by Gasteiger charge is 2.72. The molecule has 13 heteroatoms. The van der Waals surface area contributed by atoms with Crippen LogP contribution in [0.2, 0.25) is 0 Å². The van der Waals surface area contributed by atoms with Crippen LogP contribution in [0.25, 0.3) is 0 Å². The summed E-state index contributed by atoms with van der Waals surface area (Å²) < 4.78 is 110. The van der Waals surface area contributed by atoms with Crippen molar-refractivity contribution in [1.82, 2.24) is 9.29 Å². The summed E-state index contributed by atoms with van der Waals surface area (Å²) in [6, 6.07) is 2.25.